The second-order valence-corrected chi connectivity index (χ2v) is 13.9. The number of nitrogens with zero attached hydrogens (tertiary/aromatic N) is 1. The van der Waals surface area contributed by atoms with Crippen molar-refractivity contribution in [2.75, 3.05) is 0 Å². The Balaban J connectivity index is 1.67. The van der Waals surface area contributed by atoms with E-state index in [9.17, 15) is 0 Å². The third-order valence-corrected chi connectivity index (χ3v) is 10.5. The first kappa shape index (κ1) is 21.4. The fourth-order valence-corrected chi connectivity index (χ4v) is 7.18. The molecule has 0 aliphatic heterocycles. The Bertz CT molecular complexity index is 1440. The molecule has 0 saturated heterocycles. The van der Waals surface area contributed by atoms with Gasteiger partial charge in [0.05, 0.1) is 10.9 Å². The van der Waals surface area contributed by atoms with Gasteiger partial charge in [-0.15, -0.1) is 0 Å². The summed E-state index contributed by atoms with van der Waals surface area (Å²) in [6.45, 7) is 7.10. The molecule has 33 heavy (non-hydrogen) atoms. The van der Waals surface area contributed by atoms with E-state index in [2.05, 4.69) is 141 Å². The normalized spacial score (nSPS) is 11.6. The maximum absolute atomic E-state index is 2.45. The molecule has 5 aromatic rings. The van der Waals surface area contributed by atoms with Crippen molar-refractivity contribution < 1.29 is 4.57 Å². The third kappa shape index (κ3) is 3.92. The van der Waals surface area contributed by atoms with Crippen LogP contribution in [0.2, 0.25) is 13.1 Å². The number of benzene rings is 4. The molecule has 0 saturated carbocycles. The third-order valence-electron chi connectivity index (χ3n) is 6.95. The Morgan fingerprint density at radius 1 is 0.636 bits per heavy atom. The monoisotopic (exact) mass is 444 g/mol. The first-order valence-electron chi connectivity index (χ1n) is 11.6. The molecule has 5 rings (SSSR count). The molecule has 0 atom stereocenters. The van der Waals surface area contributed by atoms with Crippen LogP contribution in [0.15, 0.2) is 109 Å². The highest BCUT2D eigenvalue weighted by molar-refractivity contribution is 7.00. The van der Waals surface area contributed by atoms with E-state index in [1.807, 2.05) is 0 Å². The Hall–Kier alpha value is -3.49. The molecule has 1 aromatic heterocycles. The van der Waals surface area contributed by atoms with E-state index < -0.39 is 8.07 Å². The first-order chi connectivity index (χ1) is 15.9. The van der Waals surface area contributed by atoms with Gasteiger partial charge >= 0.3 is 0 Å². The van der Waals surface area contributed by atoms with Gasteiger partial charge < -0.3 is 0 Å². The minimum Gasteiger partial charge on any atom is -0.200 e. The van der Waals surface area contributed by atoms with Crippen molar-refractivity contribution >= 4 is 29.2 Å². The summed E-state index contributed by atoms with van der Waals surface area (Å²) in [5.74, 6) is 0. The standard InChI is InChI=1S/C31H30NSi/c1-23-15-16-25(24-11-7-5-8-12-24)22-30(23)31-29-18-17-28(21-26(29)19-20-32(31)2)33(3,4)27-13-9-6-10-14-27/h5-22H,1-4H3/q+1. The summed E-state index contributed by atoms with van der Waals surface area (Å²) in [4.78, 5) is 0. The largest absolute Gasteiger partial charge is 0.220 e. The van der Waals surface area contributed by atoms with Crippen molar-refractivity contribution in [1.29, 1.82) is 0 Å². The lowest BCUT2D eigenvalue weighted by Crippen LogP contribution is -2.52. The molecule has 4 aromatic carbocycles. The molecule has 0 fully saturated rings. The van der Waals surface area contributed by atoms with Gasteiger partial charge in [-0.3, -0.25) is 0 Å². The van der Waals surface area contributed by atoms with E-state index >= 15 is 0 Å². The molecular weight excluding hydrogens is 414 g/mol. The van der Waals surface area contributed by atoms with Crippen LogP contribution in [-0.2, 0) is 7.05 Å². The van der Waals surface area contributed by atoms with E-state index in [0.29, 0.717) is 0 Å². The van der Waals surface area contributed by atoms with Crippen molar-refractivity contribution in [1.82, 2.24) is 0 Å². The predicted octanol–water partition coefficient (Wildman–Crippen LogP) is 6.13. The highest BCUT2D eigenvalue weighted by Crippen LogP contribution is 2.31. The molecule has 0 aliphatic carbocycles. The number of rotatable bonds is 4. The SMILES string of the molecule is Cc1ccc(-c2ccccc2)cc1-c1c2ccc([Si](C)(C)c3ccccc3)cc2cc[n+]1C. The predicted molar refractivity (Wildman–Crippen MR) is 144 cm³/mol. The zero-order valence-corrected chi connectivity index (χ0v) is 20.8. The molecule has 1 heterocycles. The summed E-state index contributed by atoms with van der Waals surface area (Å²) in [6.07, 6.45) is 2.20. The maximum atomic E-state index is 2.45. The zero-order valence-electron chi connectivity index (χ0n) is 19.8. The second kappa shape index (κ2) is 8.46. The van der Waals surface area contributed by atoms with Crippen LogP contribution in [0, 0.1) is 6.92 Å². The fraction of sp³-hybridized carbons (Fsp3) is 0.129. The lowest BCUT2D eigenvalue weighted by atomic mass is 9.95. The number of hydrogen-bond acceptors (Lipinski definition) is 0. The van der Waals surface area contributed by atoms with Crippen molar-refractivity contribution in [3.8, 4) is 22.4 Å². The molecule has 0 N–H and O–H groups in total. The number of aromatic nitrogens is 1. The van der Waals surface area contributed by atoms with Gasteiger partial charge in [0, 0.05) is 6.07 Å². The highest BCUT2D eigenvalue weighted by atomic mass is 28.3. The van der Waals surface area contributed by atoms with E-state index in [0.717, 1.165) is 0 Å². The van der Waals surface area contributed by atoms with Crippen LogP contribution in [0.3, 0.4) is 0 Å². The Morgan fingerprint density at radius 2 is 1.33 bits per heavy atom. The number of fused-ring (bicyclic) bond motifs is 1. The number of pyridine rings is 1. The van der Waals surface area contributed by atoms with E-state index in [1.54, 1.807) is 0 Å². The molecule has 0 radical (unpaired) electrons. The molecule has 1 nitrogen and oxygen atoms in total. The molecule has 162 valence electrons. The van der Waals surface area contributed by atoms with Crippen molar-refractivity contribution in [2.45, 2.75) is 20.0 Å². The van der Waals surface area contributed by atoms with Crippen LogP contribution in [-0.4, -0.2) is 8.07 Å². The van der Waals surface area contributed by atoms with Crippen LogP contribution in [0.25, 0.3) is 33.2 Å². The van der Waals surface area contributed by atoms with Gasteiger partial charge in [-0.25, -0.2) is 4.57 Å². The summed E-state index contributed by atoms with van der Waals surface area (Å²) in [7, 11) is 0.399. The molecule has 0 spiro atoms. The van der Waals surface area contributed by atoms with E-state index in [1.165, 1.54) is 49.1 Å². The van der Waals surface area contributed by atoms with Gasteiger partial charge in [-0.1, -0.05) is 108 Å². The second-order valence-electron chi connectivity index (χ2n) is 9.46. The Kier molecular flexibility index (Phi) is 5.47. The Morgan fingerprint density at radius 3 is 2.06 bits per heavy atom. The molecule has 0 amide bonds. The maximum Gasteiger partial charge on any atom is 0.220 e. The first-order valence-corrected chi connectivity index (χ1v) is 14.6. The van der Waals surface area contributed by atoms with Gasteiger partial charge in [0.15, 0.2) is 6.20 Å². The van der Waals surface area contributed by atoms with Crippen LogP contribution >= 0.6 is 0 Å². The smallest absolute Gasteiger partial charge is 0.200 e. The summed E-state index contributed by atoms with van der Waals surface area (Å²) >= 11 is 0. The van der Waals surface area contributed by atoms with Crippen LogP contribution in [0.5, 0.6) is 0 Å². The summed E-state index contributed by atoms with van der Waals surface area (Å²) < 4.78 is 2.26. The van der Waals surface area contributed by atoms with Crippen LogP contribution in [0.1, 0.15) is 5.56 Å². The average Bonchev–Trinajstić information content (AvgIpc) is 2.85. The molecule has 0 bridgehead atoms. The quantitative estimate of drug-likeness (QED) is 0.232. The van der Waals surface area contributed by atoms with Crippen molar-refractivity contribution in [2.24, 2.45) is 7.05 Å². The van der Waals surface area contributed by atoms with Gasteiger partial charge in [0.2, 0.25) is 5.69 Å². The topological polar surface area (TPSA) is 3.88 Å². The molecular formula is C31H30NSi+. The lowest BCUT2D eigenvalue weighted by molar-refractivity contribution is -0.659. The Labute approximate surface area is 198 Å². The van der Waals surface area contributed by atoms with E-state index in [-0.39, 0.29) is 0 Å². The molecule has 0 unspecified atom stereocenters. The lowest BCUT2D eigenvalue weighted by Gasteiger charge is -2.24. The van der Waals surface area contributed by atoms with Gasteiger partial charge in [-0.05, 0) is 41.1 Å². The minimum atomic E-state index is -1.75. The van der Waals surface area contributed by atoms with Crippen LogP contribution < -0.4 is 14.9 Å². The zero-order chi connectivity index (χ0) is 23.0. The number of hydrogen-bond donors (Lipinski definition) is 0. The summed E-state index contributed by atoms with van der Waals surface area (Å²) in [5.41, 5.74) is 6.35. The number of aryl methyl sites for hydroxylation is 2. The molecule has 2 heteroatoms. The summed E-state index contributed by atoms with van der Waals surface area (Å²) in [5, 5.41) is 5.55. The fourth-order valence-electron chi connectivity index (χ4n) is 4.81. The van der Waals surface area contributed by atoms with Crippen molar-refractivity contribution in [3.05, 3.63) is 115 Å². The van der Waals surface area contributed by atoms with Gasteiger partial charge in [0.25, 0.3) is 0 Å². The highest BCUT2D eigenvalue weighted by Gasteiger charge is 2.27. The minimum absolute atomic E-state index is 1.25. The van der Waals surface area contributed by atoms with Crippen molar-refractivity contribution in [3.63, 3.8) is 0 Å². The van der Waals surface area contributed by atoms with Crippen LogP contribution in [0.4, 0.5) is 0 Å². The molecule has 0 aliphatic rings. The van der Waals surface area contributed by atoms with Gasteiger partial charge in [-0.2, -0.15) is 0 Å². The summed E-state index contributed by atoms with van der Waals surface area (Å²) in [6, 6.07) is 37.8. The van der Waals surface area contributed by atoms with Gasteiger partial charge in [0.1, 0.15) is 15.1 Å². The van der Waals surface area contributed by atoms with E-state index in [4.69, 9.17) is 0 Å². The average molecular weight is 445 g/mol.